The first-order chi connectivity index (χ1) is 10.1. The maximum atomic E-state index is 13.5. The molecule has 108 valence electrons. The van der Waals surface area contributed by atoms with Crippen molar-refractivity contribution in [3.63, 3.8) is 0 Å². The predicted octanol–water partition coefficient (Wildman–Crippen LogP) is 2.92. The van der Waals surface area contributed by atoms with E-state index in [9.17, 15) is 19.3 Å². The molecule has 0 aliphatic heterocycles. The van der Waals surface area contributed by atoms with Crippen molar-refractivity contribution in [3.05, 3.63) is 70.0 Å². The van der Waals surface area contributed by atoms with E-state index in [0.717, 1.165) is 23.8 Å². The van der Waals surface area contributed by atoms with E-state index in [1.54, 1.807) is 0 Å². The van der Waals surface area contributed by atoms with Crippen molar-refractivity contribution < 1.29 is 18.8 Å². The van der Waals surface area contributed by atoms with Crippen LogP contribution < -0.4 is 4.74 Å². The minimum Gasteiger partial charge on any atom is -0.483 e. The molecule has 0 fully saturated rings. The van der Waals surface area contributed by atoms with Crippen molar-refractivity contribution in [3.8, 4) is 5.75 Å². The van der Waals surface area contributed by atoms with Crippen LogP contribution in [0.1, 0.15) is 5.56 Å². The van der Waals surface area contributed by atoms with E-state index in [0.29, 0.717) is 0 Å². The fourth-order valence-electron chi connectivity index (χ4n) is 1.75. The summed E-state index contributed by atoms with van der Waals surface area (Å²) in [5.74, 6) is -1.25. The van der Waals surface area contributed by atoms with Crippen LogP contribution in [0, 0.1) is 15.9 Å². The van der Waals surface area contributed by atoms with Gasteiger partial charge in [-0.3, -0.25) is 14.9 Å². The third-order valence-corrected chi connectivity index (χ3v) is 2.76. The van der Waals surface area contributed by atoms with E-state index in [1.165, 1.54) is 0 Å². The third-order valence-electron chi connectivity index (χ3n) is 2.76. The van der Waals surface area contributed by atoms with Gasteiger partial charge in [-0.15, -0.1) is 0 Å². The molecule has 0 radical (unpaired) electrons. The highest BCUT2D eigenvalue weighted by Crippen LogP contribution is 2.22. The smallest absolute Gasteiger partial charge is 0.272 e. The summed E-state index contributed by atoms with van der Waals surface area (Å²) in [7, 11) is 0. The summed E-state index contributed by atoms with van der Waals surface area (Å²) in [6, 6.07) is 12.1. The van der Waals surface area contributed by atoms with E-state index >= 15 is 0 Å². The number of carbonyl (C=O) groups is 1. The Bertz CT molecular complexity index is 658. The largest absolute Gasteiger partial charge is 0.483 e. The number of nitrogens with zero attached hydrogens (tertiary/aromatic N) is 1. The number of carbonyl (C=O) groups excluding carboxylic acids is 1. The van der Waals surface area contributed by atoms with Crippen LogP contribution in [-0.4, -0.2) is 17.3 Å². The van der Waals surface area contributed by atoms with E-state index in [1.807, 2.05) is 30.3 Å². The second-order valence-corrected chi connectivity index (χ2v) is 4.36. The number of nitro groups is 1. The Kier molecular flexibility index (Phi) is 4.61. The van der Waals surface area contributed by atoms with Crippen LogP contribution in [0.25, 0.3) is 0 Å². The van der Waals surface area contributed by atoms with Gasteiger partial charge >= 0.3 is 0 Å². The first-order valence-electron chi connectivity index (χ1n) is 6.18. The number of ether oxygens (including phenoxy) is 1. The van der Waals surface area contributed by atoms with E-state index in [4.69, 9.17) is 4.74 Å². The van der Waals surface area contributed by atoms with Gasteiger partial charge in [0, 0.05) is 12.5 Å². The molecule has 0 bridgehead atoms. The first kappa shape index (κ1) is 14.6. The number of Topliss-reactive ketones (excluding diaryl/α,β-unsaturated/α-hetero) is 1. The van der Waals surface area contributed by atoms with E-state index in [-0.39, 0.29) is 30.2 Å². The summed E-state index contributed by atoms with van der Waals surface area (Å²) in [4.78, 5) is 21.5. The summed E-state index contributed by atoms with van der Waals surface area (Å²) >= 11 is 0. The lowest BCUT2D eigenvalue weighted by molar-refractivity contribution is -0.385. The summed E-state index contributed by atoms with van der Waals surface area (Å²) in [5, 5.41) is 10.5. The Morgan fingerprint density at radius 1 is 1.19 bits per heavy atom. The number of halogens is 1. The first-order valence-corrected chi connectivity index (χ1v) is 6.18. The molecule has 0 heterocycles. The molecule has 0 amide bonds. The summed E-state index contributed by atoms with van der Waals surface area (Å²) in [6.45, 7) is -0.288. The van der Waals surface area contributed by atoms with Gasteiger partial charge in [-0.2, -0.15) is 0 Å². The Hall–Kier alpha value is -2.76. The second-order valence-electron chi connectivity index (χ2n) is 4.36. The van der Waals surface area contributed by atoms with Crippen LogP contribution in [-0.2, 0) is 11.2 Å². The van der Waals surface area contributed by atoms with Gasteiger partial charge in [-0.05, 0) is 11.6 Å². The molecule has 5 nitrogen and oxygen atoms in total. The lowest BCUT2D eigenvalue weighted by Gasteiger charge is -2.06. The third kappa shape index (κ3) is 4.10. The maximum Gasteiger partial charge on any atom is 0.272 e. The Labute approximate surface area is 120 Å². The average molecular weight is 289 g/mol. The van der Waals surface area contributed by atoms with Gasteiger partial charge in [0.1, 0.15) is 6.61 Å². The minimum absolute atomic E-state index is 0.179. The number of non-ortho nitro benzene ring substituents is 1. The Morgan fingerprint density at radius 3 is 2.52 bits per heavy atom. The molecule has 0 N–H and O–H groups in total. The molecule has 21 heavy (non-hydrogen) atoms. The molecule has 0 spiro atoms. The Balaban J connectivity index is 1.94. The minimum atomic E-state index is -0.864. The monoisotopic (exact) mass is 289 g/mol. The number of rotatable bonds is 6. The van der Waals surface area contributed by atoms with Crippen LogP contribution in [0.4, 0.5) is 10.1 Å². The van der Waals surface area contributed by atoms with Gasteiger partial charge in [0.15, 0.2) is 17.3 Å². The van der Waals surface area contributed by atoms with Crippen molar-refractivity contribution in [1.29, 1.82) is 0 Å². The molecule has 0 saturated heterocycles. The molecular formula is C15H12FNO4. The van der Waals surface area contributed by atoms with Crippen LogP contribution >= 0.6 is 0 Å². The topological polar surface area (TPSA) is 69.4 Å². The molecular weight excluding hydrogens is 277 g/mol. The number of ketones is 1. The fraction of sp³-hybridized carbons (Fsp3) is 0.133. The average Bonchev–Trinajstić information content (AvgIpc) is 2.47. The molecule has 0 aliphatic rings. The molecule has 0 aromatic heterocycles. The normalized spacial score (nSPS) is 10.1. The van der Waals surface area contributed by atoms with Crippen LogP contribution in [0.2, 0.25) is 0 Å². The molecule has 2 aromatic rings. The zero-order chi connectivity index (χ0) is 15.2. The zero-order valence-corrected chi connectivity index (χ0v) is 11.0. The molecule has 0 saturated carbocycles. The van der Waals surface area contributed by atoms with Crippen LogP contribution in [0.3, 0.4) is 0 Å². The van der Waals surface area contributed by atoms with Crippen molar-refractivity contribution in [2.75, 3.05) is 6.61 Å². The van der Waals surface area contributed by atoms with E-state index in [2.05, 4.69) is 0 Å². The second kappa shape index (κ2) is 6.60. The van der Waals surface area contributed by atoms with Crippen molar-refractivity contribution in [1.82, 2.24) is 0 Å². The molecule has 2 rings (SSSR count). The van der Waals surface area contributed by atoms with Crippen LogP contribution in [0.5, 0.6) is 5.75 Å². The van der Waals surface area contributed by atoms with E-state index < -0.39 is 10.7 Å². The maximum absolute atomic E-state index is 13.5. The summed E-state index contributed by atoms with van der Waals surface area (Å²) in [6.07, 6.45) is 0.190. The number of nitro benzene ring substituents is 1. The predicted molar refractivity (Wildman–Crippen MR) is 73.7 cm³/mol. The lowest BCUT2D eigenvalue weighted by Crippen LogP contribution is -2.14. The SMILES string of the molecule is O=C(COc1ccc([N+](=O)[O-])cc1F)Cc1ccccc1. The van der Waals surface area contributed by atoms with Crippen LogP contribution in [0.15, 0.2) is 48.5 Å². The highest BCUT2D eigenvalue weighted by Gasteiger charge is 2.13. The summed E-state index contributed by atoms with van der Waals surface area (Å²) in [5.41, 5.74) is 0.478. The van der Waals surface area contributed by atoms with Gasteiger partial charge in [-0.25, -0.2) is 4.39 Å². The Morgan fingerprint density at radius 2 is 1.90 bits per heavy atom. The van der Waals surface area contributed by atoms with Crippen molar-refractivity contribution in [2.24, 2.45) is 0 Å². The van der Waals surface area contributed by atoms with Crippen molar-refractivity contribution in [2.45, 2.75) is 6.42 Å². The molecule has 0 unspecified atom stereocenters. The lowest BCUT2D eigenvalue weighted by atomic mass is 10.1. The molecule has 6 heteroatoms. The van der Waals surface area contributed by atoms with Gasteiger partial charge in [-0.1, -0.05) is 30.3 Å². The highest BCUT2D eigenvalue weighted by atomic mass is 19.1. The zero-order valence-electron chi connectivity index (χ0n) is 11.0. The quantitative estimate of drug-likeness (QED) is 0.605. The molecule has 0 aliphatic carbocycles. The summed E-state index contributed by atoms with van der Waals surface area (Å²) < 4.78 is 18.6. The highest BCUT2D eigenvalue weighted by molar-refractivity contribution is 5.82. The van der Waals surface area contributed by atoms with Gasteiger partial charge in [0.25, 0.3) is 5.69 Å². The number of hydrogen-bond donors (Lipinski definition) is 0. The fourth-order valence-corrected chi connectivity index (χ4v) is 1.75. The molecule has 0 atom stereocenters. The standard InChI is InChI=1S/C15H12FNO4/c16-14-9-12(17(19)20)6-7-15(14)21-10-13(18)8-11-4-2-1-3-5-11/h1-7,9H,8,10H2. The van der Waals surface area contributed by atoms with Crippen molar-refractivity contribution >= 4 is 11.5 Å². The molecule has 2 aromatic carbocycles. The van der Waals surface area contributed by atoms with Gasteiger partial charge in [0.05, 0.1) is 11.0 Å². The number of benzene rings is 2. The number of hydrogen-bond acceptors (Lipinski definition) is 4. The van der Waals surface area contributed by atoms with Gasteiger partial charge < -0.3 is 4.74 Å². The van der Waals surface area contributed by atoms with Gasteiger partial charge in [0.2, 0.25) is 0 Å².